The Kier molecular flexibility index (Phi) is 8.34. The Balaban J connectivity index is 1.05. The third-order valence-electron chi connectivity index (χ3n) is 8.65. The lowest BCUT2D eigenvalue weighted by molar-refractivity contribution is 0.0755. The van der Waals surface area contributed by atoms with Crippen molar-refractivity contribution in [2.75, 3.05) is 13.1 Å². The molecule has 5 aromatic rings. The molecule has 2 aliphatic rings. The molecule has 4 heterocycles. The van der Waals surface area contributed by atoms with E-state index in [9.17, 15) is 14.0 Å². The van der Waals surface area contributed by atoms with Crippen LogP contribution in [0.4, 0.5) is 9.18 Å². The number of rotatable bonds is 9. The highest BCUT2D eigenvalue weighted by molar-refractivity contribution is 7.17. The Morgan fingerprint density at radius 2 is 1.67 bits per heavy atom. The molecule has 0 bridgehead atoms. The van der Waals surface area contributed by atoms with E-state index in [1.54, 1.807) is 30.6 Å². The SMILES string of the molecule is Cc1nc(-c2ncccn2)sc1C(=O)N1C[C@@H]2C(Oc3cc(-c4ccc(F)cc4)cc(C(C)(C)NC(=O)OCc4ccccc4)n3)[C@@H]2C1. The van der Waals surface area contributed by atoms with Crippen molar-refractivity contribution in [3.63, 3.8) is 0 Å². The van der Waals surface area contributed by atoms with E-state index in [0.717, 1.165) is 16.7 Å². The predicted molar refractivity (Wildman–Crippen MR) is 178 cm³/mol. The maximum Gasteiger partial charge on any atom is 0.408 e. The molecule has 2 amide bonds. The van der Waals surface area contributed by atoms with Gasteiger partial charge < -0.3 is 19.7 Å². The largest absolute Gasteiger partial charge is 0.474 e. The van der Waals surface area contributed by atoms with Crippen LogP contribution in [-0.4, -0.2) is 56.0 Å². The van der Waals surface area contributed by atoms with Crippen molar-refractivity contribution in [3.8, 4) is 27.8 Å². The molecule has 3 atom stereocenters. The number of likely N-dealkylation sites (tertiary alicyclic amines) is 1. The molecule has 12 heteroatoms. The second-order valence-corrected chi connectivity index (χ2v) is 13.5. The molecule has 1 saturated carbocycles. The van der Waals surface area contributed by atoms with Gasteiger partial charge in [-0.15, -0.1) is 11.3 Å². The molecule has 1 unspecified atom stereocenters. The Hall–Kier alpha value is -5.23. The number of halogens is 1. The van der Waals surface area contributed by atoms with Gasteiger partial charge in [0.2, 0.25) is 5.88 Å². The highest BCUT2D eigenvalue weighted by Crippen LogP contribution is 2.48. The second-order valence-electron chi connectivity index (χ2n) is 12.5. The van der Waals surface area contributed by atoms with Gasteiger partial charge in [-0.3, -0.25) is 4.79 Å². The number of fused-ring (bicyclic) bond motifs is 1. The molecular formula is C36H33FN6O4S. The number of aromatic nitrogens is 4. The number of hydrogen-bond acceptors (Lipinski definition) is 9. The minimum Gasteiger partial charge on any atom is -0.474 e. The summed E-state index contributed by atoms with van der Waals surface area (Å²) in [5, 5.41) is 3.54. The van der Waals surface area contributed by atoms with Gasteiger partial charge in [-0.2, -0.15) is 0 Å². The van der Waals surface area contributed by atoms with Crippen LogP contribution in [0, 0.1) is 24.6 Å². The van der Waals surface area contributed by atoms with E-state index in [4.69, 9.17) is 14.5 Å². The lowest BCUT2D eigenvalue weighted by Crippen LogP contribution is -2.42. The number of amides is 2. The fourth-order valence-corrected chi connectivity index (χ4v) is 6.95. The van der Waals surface area contributed by atoms with Gasteiger partial charge in [-0.25, -0.2) is 29.1 Å². The first kappa shape index (κ1) is 31.4. The quantitative estimate of drug-likeness (QED) is 0.192. The molecule has 1 N–H and O–H groups in total. The summed E-state index contributed by atoms with van der Waals surface area (Å²) in [4.78, 5) is 46.6. The number of hydrogen-bond donors (Lipinski definition) is 1. The summed E-state index contributed by atoms with van der Waals surface area (Å²) in [6.45, 7) is 6.76. The molecule has 7 rings (SSSR count). The average molecular weight is 665 g/mol. The van der Waals surface area contributed by atoms with Gasteiger partial charge in [-0.05, 0) is 61.7 Å². The van der Waals surface area contributed by atoms with Crippen molar-refractivity contribution in [1.29, 1.82) is 0 Å². The molecule has 0 spiro atoms. The minimum atomic E-state index is -0.930. The third-order valence-corrected chi connectivity index (χ3v) is 9.80. The van der Waals surface area contributed by atoms with Crippen LogP contribution in [0.3, 0.4) is 0 Å². The van der Waals surface area contributed by atoms with Crippen molar-refractivity contribution in [2.45, 2.75) is 39.0 Å². The highest BCUT2D eigenvalue weighted by atomic mass is 32.1. The molecule has 1 aliphatic carbocycles. The van der Waals surface area contributed by atoms with Gasteiger partial charge in [0.1, 0.15) is 23.4 Å². The molecule has 2 aromatic carbocycles. The van der Waals surface area contributed by atoms with Gasteiger partial charge in [0, 0.05) is 43.4 Å². The number of carbonyl (C=O) groups excluding carboxylic acids is 2. The Labute approximate surface area is 281 Å². The average Bonchev–Trinajstić information content (AvgIpc) is 3.38. The van der Waals surface area contributed by atoms with Gasteiger partial charge in [0.25, 0.3) is 5.91 Å². The fourth-order valence-electron chi connectivity index (χ4n) is 5.97. The molecule has 1 saturated heterocycles. The van der Waals surface area contributed by atoms with Gasteiger partial charge in [0.15, 0.2) is 10.8 Å². The van der Waals surface area contributed by atoms with E-state index in [2.05, 4.69) is 20.3 Å². The number of piperidine rings is 1. The smallest absolute Gasteiger partial charge is 0.408 e. The summed E-state index contributed by atoms with van der Waals surface area (Å²) >= 11 is 1.31. The molecule has 0 radical (unpaired) electrons. The number of thiazole rings is 1. The zero-order valence-electron chi connectivity index (χ0n) is 26.6. The van der Waals surface area contributed by atoms with E-state index >= 15 is 0 Å². The van der Waals surface area contributed by atoms with Crippen LogP contribution < -0.4 is 10.1 Å². The van der Waals surface area contributed by atoms with Crippen molar-refractivity contribution in [1.82, 2.24) is 30.2 Å². The minimum absolute atomic E-state index is 0.0520. The van der Waals surface area contributed by atoms with E-state index < -0.39 is 11.6 Å². The van der Waals surface area contributed by atoms with Crippen LogP contribution in [0.2, 0.25) is 0 Å². The van der Waals surface area contributed by atoms with E-state index in [-0.39, 0.29) is 36.3 Å². The van der Waals surface area contributed by atoms with E-state index in [1.807, 2.05) is 68.1 Å². The Bertz CT molecular complexity index is 1940. The third kappa shape index (κ3) is 6.61. The Morgan fingerprint density at radius 3 is 2.38 bits per heavy atom. The van der Waals surface area contributed by atoms with Crippen LogP contribution in [0.15, 0.2) is 85.2 Å². The molecule has 244 valence electrons. The predicted octanol–water partition coefficient (Wildman–Crippen LogP) is 6.42. The number of ether oxygens (including phenoxy) is 2. The first-order valence-electron chi connectivity index (χ1n) is 15.6. The van der Waals surface area contributed by atoms with Crippen molar-refractivity contribution in [3.05, 3.63) is 113 Å². The number of nitrogens with zero attached hydrogens (tertiary/aromatic N) is 5. The summed E-state index contributed by atoms with van der Waals surface area (Å²) in [5.41, 5.74) is 2.71. The molecule has 3 aromatic heterocycles. The van der Waals surface area contributed by atoms with Gasteiger partial charge in [0.05, 0.1) is 16.9 Å². The lowest BCUT2D eigenvalue weighted by atomic mass is 9.96. The zero-order valence-corrected chi connectivity index (χ0v) is 27.4. The van der Waals surface area contributed by atoms with Gasteiger partial charge >= 0.3 is 6.09 Å². The number of benzene rings is 2. The maximum absolute atomic E-state index is 13.8. The number of aryl methyl sites for hydroxylation is 1. The molecular weight excluding hydrogens is 631 g/mol. The fraction of sp³-hybridized carbons (Fsp3) is 0.278. The zero-order chi connectivity index (χ0) is 33.4. The van der Waals surface area contributed by atoms with Crippen molar-refractivity contribution in [2.24, 2.45) is 11.8 Å². The van der Waals surface area contributed by atoms with E-state index in [0.29, 0.717) is 46.1 Å². The van der Waals surface area contributed by atoms with Crippen LogP contribution in [0.1, 0.15) is 40.5 Å². The number of pyridine rings is 1. The summed E-state index contributed by atoms with van der Waals surface area (Å²) in [5.74, 6) is 0.831. The van der Waals surface area contributed by atoms with Crippen LogP contribution in [0.5, 0.6) is 5.88 Å². The molecule has 2 fully saturated rings. The highest BCUT2D eigenvalue weighted by Gasteiger charge is 2.59. The summed E-state index contributed by atoms with van der Waals surface area (Å²) in [6, 6.07) is 21.0. The summed E-state index contributed by atoms with van der Waals surface area (Å²) < 4.78 is 25.7. The standard InChI is InChI=1S/C36H33FN6O4S/c1-21-31(48-33(40-21)32-38-14-7-15-39-32)34(44)43-18-26-27(19-43)30(26)47-29-17-24(23-10-12-25(37)13-11-23)16-28(41-29)36(2,3)42-35(45)46-20-22-8-5-4-6-9-22/h4-17,26-27,30H,18-20H2,1-3H3,(H,42,45)/t26-,27+,30?. The monoisotopic (exact) mass is 664 g/mol. The summed E-state index contributed by atoms with van der Waals surface area (Å²) in [7, 11) is 0. The maximum atomic E-state index is 13.8. The normalized spacial score (nSPS) is 18.2. The lowest BCUT2D eigenvalue weighted by Gasteiger charge is -2.26. The number of carbonyl (C=O) groups is 2. The second kappa shape index (κ2) is 12.8. The van der Waals surface area contributed by atoms with E-state index in [1.165, 1.54) is 23.5 Å². The van der Waals surface area contributed by atoms with Crippen LogP contribution in [-0.2, 0) is 16.9 Å². The van der Waals surface area contributed by atoms with Crippen LogP contribution >= 0.6 is 11.3 Å². The Morgan fingerprint density at radius 1 is 0.958 bits per heavy atom. The summed E-state index contributed by atoms with van der Waals surface area (Å²) in [6.07, 6.45) is 2.61. The van der Waals surface area contributed by atoms with Gasteiger partial charge in [-0.1, -0.05) is 42.5 Å². The van der Waals surface area contributed by atoms with Crippen LogP contribution in [0.25, 0.3) is 22.0 Å². The van der Waals surface area contributed by atoms with Crippen molar-refractivity contribution < 1.29 is 23.5 Å². The molecule has 10 nitrogen and oxygen atoms in total. The number of nitrogens with one attached hydrogen (secondary N) is 1. The van der Waals surface area contributed by atoms with Crippen molar-refractivity contribution >= 4 is 23.3 Å². The topological polar surface area (TPSA) is 119 Å². The first-order valence-corrected chi connectivity index (χ1v) is 16.4. The first-order chi connectivity index (χ1) is 23.1. The molecule has 48 heavy (non-hydrogen) atoms. The molecule has 1 aliphatic heterocycles. The number of alkyl carbamates (subject to hydrolysis) is 1.